The molecule has 1 unspecified atom stereocenters. The fourth-order valence-electron chi connectivity index (χ4n) is 3.80. The summed E-state index contributed by atoms with van der Waals surface area (Å²) in [5.74, 6) is 1.13. The number of fused-ring (bicyclic) bond motifs is 1. The highest BCUT2D eigenvalue weighted by molar-refractivity contribution is 5.61. The van der Waals surface area contributed by atoms with Gasteiger partial charge in [0.15, 0.2) is 0 Å². The fourth-order valence-corrected chi connectivity index (χ4v) is 3.80. The quantitative estimate of drug-likeness (QED) is 0.552. The van der Waals surface area contributed by atoms with Gasteiger partial charge in [0.1, 0.15) is 29.0 Å². The lowest BCUT2D eigenvalue weighted by Crippen LogP contribution is -2.54. The molecule has 0 bridgehead atoms. The van der Waals surface area contributed by atoms with Crippen molar-refractivity contribution in [1.29, 1.82) is 0 Å². The topological polar surface area (TPSA) is 62.6 Å². The van der Waals surface area contributed by atoms with E-state index in [1.54, 1.807) is 18.3 Å². The number of aromatic amines is 1. The lowest BCUT2D eigenvalue weighted by atomic mass is 10.1. The Morgan fingerprint density at radius 1 is 1.13 bits per heavy atom. The second-order valence-electron chi connectivity index (χ2n) is 7.57. The Labute approximate surface area is 172 Å². The van der Waals surface area contributed by atoms with Crippen LogP contribution >= 0.6 is 0 Å². The minimum absolute atomic E-state index is 0.0150. The molecule has 2 aromatic carbocycles. The number of rotatable bonds is 5. The van der Waals surface area contributed by atoms with Crippen LogP contribution in [0.25, 0.3) is 16.9 Å². The van der Waals surface area contributed by atoms with E-state index in [-0.39, 0.29) is 23.5 Å². The van der Waals surface area contributed by atoms with Crippen LogP contribution in [0.15, 0.2) is 71.8 Å². The van der Waals surface area contributed by atoms with Crippen LogP contribution in [0.1, 0.15) is 18.7 Å². The normalized spacial score (nSPS) is 15.8. The zero-order valence-corrected chi connectivity index (χ0v) is 16.5. The summed E-state index contributed by atoms with van der Waals surface area (Å²) in [7, 11) is 0. The summed E-state index contributed by atoms with van der Waals surface area (Å²) in [5.41, 5.74) is 2.14. The molecule has 30 heavy (non-hydrogen) atoms. The Morgan fingerprint density at radius 2 is 1.87 bits per heavy atom. The number of hydrogen-bond acceptors (Lipinski definition) is 4. The summed E-state index contributed by atoms with van der Waals surface area (Å²) in [6.45, 7) is 3.52. The summed E-state index contributed by atoms with van der Waals surface area (Å²) >= 11 is 0. The number of benzene rings is 2. The summed E-state index contributed by atoms with van der Waals surface area (Å²) in [6, 6.07) is 15.9. The number of H-pyrrole nitrogens is 1. The summed E-state index contributed by atoms with van der Waals surface area (Å²) in [6.07, 6.45) is 3.60. The Balaban J connectivity index is 1.35. The van der Waals surface area contributed by atoms with Crippen molar-refractivity contribution in [1.82, 2.24) is 19.3 Å². The third kappa shape index (κ3) is 3.37. The van der Waals surface area contributed by atoms with E-state index in [1.807, 2.05) is 40.9 Å². The van der Waals surface area contributed by atoms with Gasteiger partial charge in [-0.05, 0) is 31.2 Å². The molecule has 4 aromatic rings. The summed E-state index contributed by atoms with van der Waals surface area (Å²) in [5, 5.41) is 0. The number of imidazole rings is 1. The highest BCUT2D eigenvalue weighted by Gasteiger charge is 2.33. The van der Waals surface area contributed by atoms with Crippen molar-refractivity contribution in [2.75, 3.05) is 13.1 Å². The van der Waals surface area contributed by atoms with Crippen LogP contribution in [0.3, 0.4) is 0 Å². The highest BCUT2D eigenvalue weighted by Crippen LogP contribution is 2.27. The predicted octanol–water partition coefficient (Wildman–Crippen LogP) is 3.65. The maximum Gasteiger partial charge on any atom is 0.274 e. The number of nitrogens with zero attached hydrogens (tertiary/aromatic N) is 3. The summed E-state index contributed by atoms with van der Waals surface area (Å²) in [4.78, 5) is 22.3. The van der Waals surface area contributed by atoms with Crippen LogP contribution < -0.4 is 10.3 Å². The third-order valence-electron chi connectivity index (χ3n) is 5.58. The van der Waals surface area contributed by atoms with Crippen LogP contribution in [0, 0.1) is 5.82 Å². The standard InChI is InChI=1S/C23H21FN4O2/c1-15(27-12-19(13-27)30-18-9-7-17(24)8-10-18)20-14-28-21(23(29)26-20)11-25-22(28)16-5-3-2-4-6-16/h2-11,14-15,19H,12-13H2,1H3,(H,26,29). The Morgan fingerprint density at radius 3 is 2.60 bits per heavy atom. The molecule has 0 aliphatic carbocycles. The largest absolute Gasteiger partial charge is 0.488 e. The van der Waals surface area contributed by atoms with Gasteiger partial charge in [0, 0.05) is 30.9 Å². The molecule has 6 nitrogen and oxygen atoms in total. The first-order valence-electron chi connectivity index (χ1n) is 9.90. The van der Waals surface area contributed by atoms with Crippen LogP contribution in [-0.2, 0) is 0 Å². The second-order valence-corrected chi connectivity index (χ2v) is 7.57. The average molecular weight is 404 g/mol. The van der Waals surface area contributed by atoms with E-state index < -0.39 is 0 Å². The molecular formula is C23H21FN4O2. The van der Waals surface area contributed by atoms with E-state index in [0.717, 1.165) is 30.2 Å². The maximum atomic E-state index is 13.0. The molecule has 0 radical (unpaired) electrons. The molecule has 2 aromatic heterocycles. The number of likely N-dealkylation sites (tertiary alicyclic amines) is 1. The van der Waals surface area contributed by atoms with Gasteiger partial charge in [-0.1, -0.05) is 30.3 Å². The minimum atomic E-state index is -0.278. The van der Waals surface area contributed by atoms with Crippen LogP contribution in [0.5, 0.6) is 5.75 Å². The molecule has 1 atom stereocenters. The molecule has 1 N–H and O–H groups in total. The number of hydrogen-bond donors (Lipinski definition) is 1. The van der Waals surface area contributed by atoms with Crippen LogP contribution in [-0.4, -0.2) is 38.5 Å². The lowest BCUT2D eigenvalue weighted by Gasteiger charge is -2.42. The summed E-state index contributed by atoms with van der Waals surface area (Å²) < 4.78 is 20.8. The Bertz CT molecular complexity index is 1230. The van der Waals surface area contributed by atoms with Crippen LogP contribution in [0.4, 0.5) is 4.39 Å². The first kappa shape index (κ1) is 18.6. The van der Waals surface area contributed by atoms with Gasteiger partial charge in [0.2, 0.25) is 0 Å². The number of nitrogens with one attached hydrogen (secondary N) is 1. The molecule has 7 heteroatoms. The molecule has 1 saturated heterocycles. The zero-order chi connectivity index (χ0) is 20.7. The van der Waals surface area contributed by atoms with Crippen molar-refractivity contribution in [2.24, 2.45) is 0 Å². The maximum absolute atomic E-state index is 13.0. The monoisotopic (exact) mass is 404 g/mol. The van der Waals surface area contributed by atoms with Crippen LogP contribution in [0.2, 0.25) is 0 Å². The van der Waals surface area contributed by atoms with Crippen molar-refractivity contribution in [3.63, 3.8) is 0 Å². The second kappa shape index (κ2) is 7.42. The van der Waals surface area contributed by atoms with Crippen molar-refractivity contribution in [3.05, 3.63) is 88.9 Å². The molecule has 1 aliphatic heterocycles. The average Bonchev–Trinajstić information content (AvgIpc) is 3.16. The van der Waals surface area contributed by atoms with Gasteiger partial charge in [-0.25, -0.2) is 9.37 Å². The molecule has 0 spiro atoms. The molecule has 1 fully saturated rings. The number of ether oxygens (including phenoxy) is 1. The lowest BCUT2D eigenvalue weighted by molar-refractivity contribution is -0.00642. The number of aromatic nitrogens is 3. The molecule has 3 heterocycles. The smallest absolute Gasteiger partial charge is 0.274 e. The van der Waals surface area contributed by atoms with Gasteiger partial charge in [-0.15, -0.1) is 0 Å². The Kier molecular flexibility index (Phi) is 4.59. The first-order chi connectivity index (χ1) is 14.6. The van der Waals surface area contributed by atoms with Crippen molar-refractivity contribution < 1.29 is 9.13 Å². The molecule has 1 aliphatic rings. The van der Waals surface area contributed by atoms with Crippen molar-refractivity contribution in [2.45, 2.75) is 19.1 Å². The van der Waals surface area contributed by atoms with Gasteiger partial charge in [0.25, 0.3) is 5.56 Å². The molecule has 152 valence electrons. The van der Waals surface area contributed by atoms with Gasteiger partial charge < -0.3 is 9.72 Å². The predicted molar refractivity (Wildman–Crippen MR) is 112 cm³/mol. The number of halogens is 1. The van der Waals surface area contributed by atoms with Crippen molar-refractivity contribution >= 4 is 5.52 Å². The van der Waals surface area contributed by atoms with E-state index in [9.17, 15) is 9.18 Å². The molecule has 5 rings (SSSR count). The highest BCUT2D eigenvalue weighted by atomic mass is 19.1. The molecule has 0 saturated carbocycles. The van der Waals surface area contributed by atoms with Gasteiger partial charge in [-0.3, -0.25) is 14.1 Å². The molecular weight excluding hydrogens is 383 g/mol. The van der Waals surface area contributed by atoms with Gasteiger partial charge in [0.05, 0.1) is 11.9 Å². The Hall–Kier alpha value is -3.45. The van der Waals surface area contributed by atoms with Crippen molar-refractivity contribution in [3.8, 4) is 17.1 Å². The SMILES string of the molecule is CC(c1cn2c(-c3ccccc3)ncc2c(=O)[nH]1)N1CC(Oc2ccc(F)cc2)C1. The third-order valence-corrected chi connectivity index (χ3v) is 5.58. The van der Waals surface area contributed by atoms with E-state index in [1.165, 1.54) is 12.1 Å². The minimum Gasteiger partial charge on any atom is -0.488 e. The van der Waals surface area contributed by atoms with E-state index >= 15 is 0 Å². The fraction of sp³-hybridized carbons (Fsp3) is 0.217. The molecule has 0 amide bonds. The van der Waals surface area contributed by atoms with Gasteiger partial charge >= 0.3 is 0 Å². The van der Waals surface area contributed by atoms with E-state index in [2.05, 4.69) is 21.8 Å². The van der Waals surface area contributed by atoms with E-state index in [4.69, 9.17) is 4.74 Å². The van der Waals surface area contributed by atoms with E-state index in [0.29, 0.717) is 11.3 Å². The first-order valence-corrected chi connectivity index (χ1v) is 9.90. The van der Waals surface area contributed by atoms with Gasteiger partial charge in [-0.2, -0.15) is 0 Å². The zero-order valence-electron chi connectivity index (χ0n) is 16.5.